The summed E-state index contributed by atoms with van der Waals surface area (Å²) in [4.78, 5) is 27.6. The molecule has 8 heteroatoms. The molecule has 24 heavy (non-hydrogen) atoms. The average molecular weight is 350 g/mol. The second kappa shape index (κ2) is 9.76. The lowest BCUT2D eigenvalue weighted by Crippen LogP contribution is -2.26. The van der Waals surface area contributed by atoms with E-state index < -0.39 is 11.9 Å². The first-order valence-electron chi connectivity index (χ1n) is 7.26. The summed E-state index contributed by atoms with van der Waals surface area (Å²) in [5.74, 6) is -1.83. The van der Waals surface area contributed by atoms with Gasteiger partial charge in [-0.2, -0.15) is 0 Å². The number of thiazole rings is 1. The molecule has 0 atom stereocenters. The van der Waals surface area contributed by atoms with Crippen LogP contribution in [-0.4, -0.2) is 50.4 Å². The standard InChI is InChI=1S/C16H18N2O5S/c1-21-7-8-22-9-10-23-15(20)14(19)18-16-17-13(11-24-16)12-5-3-2-4-6-12/h2-6,11H,7-10H2,1H3,(H,17,18,19). The van der Waals surface area contributed by atoms with Crippen molar-refractivity contribution in [2.75, 3.05) is 38.9 Å². The topological polar surface area (TPSA) is 86.8 Å². The number of rotatable bonds is 8. The number of esters is 1. The molecule has 0 saturated heterocycles. The van der Waals surface area contributed by atoms with Crippen LogP contribution < -0.4 is 5.32 Å². The van der Waals surface area contributed by atoms with Crippen LogP contribution >= 0.6 is 11.3 Å². The summed E-state index contributed by atoms with van der Waals surface area (Å²) in [5.41, 5.74) is 1.67. The molecule has 0 saturated carbocycles. The van der Waals surface area contributed by atoms with Gasteiger partial charge >= 0.3 is 11.9 Å². The molecule has 1 heterocycles. The first-order chi connectivity index (χ1) is 11.7. The van der Waals surface area contributed by atoms with E-state index in [9.17, 15) is 9.59 Å². The van der Waals surface area contributed by atoms with Crippen molar-refractivity contribution in [2.24, 2.45) is 0 Å². The second-order valence-electron chi connectivity index (χ2n) is 4.60. The molecule has 0 spiro atoms. The van der Waals surface area contributed by atoms with Gasteiger partial charge in [0.15, 0.2) is 5.13 Å². The highest BCUT2D eigenvalue weighted by Gasteiger charge is 2.17. The second-order valence-corrected chi connectivity index (χ2v) is 5.46. The molecule has 0 bridgehead atoms. The molecule has 0 fully saturated rings. The third kappa shape index (κ3) is 5.73. The number of hydrogen-bond acceptors (Lipinski definition) is 7. The van der Waals surface area contributed by atoms with Crippen LogP contribution in [0.5, 0.6) is 0 Å². The van der Waals surface area contributed by atoms with E-state index in [1.54, 1.807) is 12.5 Å². The number of benzene rings is 1. The zero-order chi connectivity index (χ0) is 17.2. The van der Waals surface area contributed by atoms with Crippen LogP contribution in [-0.2, 0) is 23.8 Å². The molecule has 1 amide bonds. The van der Waals surface area contributed by atoms with Crippen molar-refractivity contribution in [3.8, 4) is 11.3 Å². The highest BCUT2D eigenvalue weighted by Crippen LogP contribution is 2.24. The summed E-state index contributed by atoms with van der Waals surface area (Å²) >= 11 is 1.24. The molecule has 0 radical (unpaired) electrons. The van der Waals surface area contributed by atoms with Crippen molar-refractivity contribution in [1.82, 2.24) is 4.98 Å². The van der Waals surface area contributed by atoms with Gasteiger partial charge in [0.2, 0.25) is 0 Å². The van der Waals surface area contributed by atoms with Gasteiger partial charge in [-0.05, 0) is 0 Å². The fraction of sp³-hybridized carbons (Fsp3) is 0.312. The minimum Gasteiger partial charge on any atom is -0.456 e. The number of nitrogens with one attached hydrogen (secondary N) is 1. The molecule has 1 aromatic carbocycles. The van der Waals surface area contributed by atoms with Crippen LogP contribution in [0.4, 0.5) is 5.13 Å². The number of ether oxygens (including phenoxy) is 3. The molecule has 0 aliphatic heterocycles. The highest BCUT2D eigenvalue weighted by molar-refractivity contribution is 7.14. The Hall–Kier alpha value is -2.29. The van der Waals surface area contributed by atoms with Crippen LogP contribution in [0.3, 0.4) is 0 Å². The molecule has 1 N–H and O–H groups in total. The Morgan fingerprint density at radius 1 is 1.12 bits per heavy atom. The van der Waals surface area contributed by atoms with Gasteiger partial charge < -0.3 is 14.2 Å². The lowest BCUT2D eigenvalue weighted by atomic mass is 10.2. The van der Waals surface area contributed by atoms with Crippen molar-refractivity contribution in [1.29, 1.82) is 0 Å². The number of hydrogen-bond donors (Lipinski definition) is 1. The number of methoxy groups -OCH3 is 1. The van der Waals surface area contributed by atoms with E-state index in [2.05, 4.69) is 10.3 Å². The lowest BCUT2D eigenvalue weighted by Gasteiger charge is -2.05. The maximum atomic E-state index is 11.7. The van der Waals surface area contributed by atoms with E-state index >= 15 is 0 Å². The van der Waals surface area contributed by atoms with Crippen LogP contribution in [0.1, 0.15) is 0 Å². The third-order valence-corrected chi connectivity index (χ3v) is 3.63. The van der Waals surface area contributed by atoms with E-state index in [-0.39, 0.29) is 13.2 Å². The SMILES string of the molecule is COCCOCCOC(=O)C(=O)Nc1nc(-c2ccccc2)cs1. The molecule has 128 valence electrons. The van der Waals surface area contributed by atoms with Gasteiger partial charge in [-0.15, -0.1) is 11.3 Å². The normalized spacial score (nSPS) is 10.4. The van der Waals surface area contributed by atoms with Crippen LogP contribution in [0, 0.1) is 0 Å². The fourth-order valence-electron chi connectivity index (χ4n) is 1.72. The Balaban J connectivity index is 1.76. The fourth-order valence-corrected chi connectivity index (χ4v) is 2.44. The van der Waals surface area contributed by atoms with Crippen molar-refractivity contribution < 1.29 is 23.8 Å². The zero-order valence-electron chi connectivity index (χ0n) is 13.2. The number of amides is 1. The van der Waals surface area contributed by atoms with Crippen LogP contribution in [0.15, 0.2) is 35.7 Å². The largest absolute Gasteiger partial charge is 0.456 e. The Kier molecular flexibility index (Phi) is 7.34. The van der Waals surface area contributed by atoms with Gasteiger partial charge in [-0.1, -0.05) is 30.3 Å². The zero-order valence-corrected chi connectivity index (χ0v) is 14.0. The van der Waals surface area contributed by atoms with E-state index in [0.717, 1.165) is 11.3 Å². The average Bonchev–Trinajstić information content (AvgIpc) is 3.07. The molecular weight excluding hydrogens is 332 g/mol. The summed E-state index contributed by atoms with van der Waals surface area (Å²) in [6.45, 7) is 1.07. The maximum Gasteiger partial charge on any atom is 0.397 e. The minimum absolute atomic E-state index is 0.00308. The van der Waals surface area contributed by atoms with Crippen LogP contribution in [0.2, 0.25) is 0 Å². The smallest absolute Gasteiger partial charge is 0.397 e. The summed E-state index contributed by atoms with van der Waals surface area (Å²) in [6, 6.07) is 9.54. The van der Waals surface area contributed by atoms with Crippen molar-refractivity contribution >= 4 is 28.3 Å². The van der Waals surface area contributed by atoms with E-state index in [1.807, 2.05) is 30.3 Å². The predicted octanol–water partition coefficient (Wildman–Crippen LogP) is 1.95. The highest BCUT2D eigenvalue weighted by atomic mass is 32.1. The predicted molar refractivity (Wildman–Crippen MR) is 89.8 cm³/mol. The van der Waals surface area contributed by atoms with Gasteiger partial charge in [-0.3, -0.25) is 10.1 Å². The minimum atomic E-state index is -0.971. The Bertz CT molecular complexity index is 659. The van der Waals surface area contributed by atoms with Gasteiger partial charge in [0.1, 0.15) is 6.61 Å². The van der Waals surface area contributed by atoms with E-state index in [0.29, 0.717) is 18.3 Å². The molecular formula is C16H18N2O5S. The Morgan fingerprint density at radius 3 is 2.62 bits per heavy atom. The molecule has 0 aliphatic carbocycles. The number of carbonyl (C=O) groups is 2. The van der Waals surface area contributed by atoms with Crippen molar-refractivity contribution in [3.05, 3.63) is 35.7 Å². The number of aromatic nitrogens is 1. The monoisotopic (exact) mass is 350 g/mol. The maximum absolute atomic E-state index is 11.7. The first kappa shape index (κ1) is 18.1. The molecule has 7 nitrogen and oxygen atoms in total. The summed E-state index contributed by atoms with van der Waals surface area (Å²) in [6.07, 6.45) is 0. The Morgan fingerprint density at radius 2 is 1.88 bits per heavy atom. The third-order valence-electron chi connectivity index (χ3n) is 2.87. The van der Waals surface area contributed by atoms with Crippen molar-refractivity contribution in [2.45, 2.75) is 0 Å². The molecule has 0 unspecified atom stereocenters. The van der Waals surface area contributed by atoms with E-state index in [4.69, 9.17) is 14.2 Å². The van der Waals surface area contributed by atoms with Gasteiger partial charge in [0, 0.05) is 18.1 Å². The lowest BCUT2D eigenvalue weighted by molar-refractivity contribution is -0.153. The quantitative estimate of drug-likeness (QED) is 0.445. The van der Waals surface area contributed by atoms with Crippen molar-refractivity contribution in [3.63, 3.8) is 0 Å². The first-order valence-corrected chi connectivity index (χ1v) is 8.14. The molecule has 1 aromatic heterocycles. The van der Waals surface area contributed by atoms with E-state index in [1.165, 1.54) is 11.3 Å². The molecule has 0 aliphatic rings. The Labute approximate surface area is 143 Å². The van der Waals surface area contributed by atoms with Gasteiger partial charge in [-0.25, -0.2) is 9.78 Å². The number of nitrogens with zero attached hydrogens (tertiary/aromatic N) is 1. The van der Waals surface area contributed by atoms with Crippen LogP contribution in [0.25, 0.3) is 11.3 Å². The number of carbonyl (C=O) groups excluding carboxylic acids is 2. The summed E-state index contributed by atoms with van der Waals surface area (Å²) in [5, 5.41) is 4.57. The molecule has 2 rings (SSSR count). The molecule has 2 aromatic rings. The number of anilines is 1. The summed E-state index contributed by atoms with van der Waals surface area (Å²) in [7, 11) is 1.57. The van der Waals surface area contributed by atoms with Gasteiger partial charge in [0.25, 0.3) is 0 Å². The summed E-state index contributed by atoms with van der Waals surface area (Å²) < 4.78 is 14.7. The van der Waals surface area contributed by atoms with Gasteiger partial charge in [0.05, 0.1) is 25.5 Å².